The van der Waals surface area contributed by atoms with E-state index in [4.69, 9.17) is 5.73 Å². The second-order valence-electron chi connectivity index (χ2n) is 4.28. The molecule has 1 aromatic carbocycles. The van der Waals surface area contributed by atoms with E-state index in [-0.39, 0.29) is 5.82 Å². The summed E-state index contributed by atoms with van der Waals surface area (Å²) in [6.07, 6.45) is 0. The Bertz CT molecular complexity index is 327. The lowest BCUT2D eigenvalue weighted by molar-refractivity contribution is 0.550. The molecule has 0 saturated carbocycles. The van der Waals surface area contributed by atoms with Crippen LogP contribution in [0.25, 0.3) is 0 Å². The molecule has 0 saturated heterocycles. The van der Waals surface area contributed by atoms with Crippen LogP contribution in [-0.2, 0) is 5.54 Å². The Morgan fingerprint density at radius 3 is 2.29 bits per heavy atom. The summed E-state index contributed by atoms with van der Waals surface area (Å²) in [7, 11) is 3.76. The highest BCUT2D eigenvalue weighted by molar-refractivity contribution is 5.55. The van der Waals surface area contributed by atoms with Crippen LogP contribution in [0.2, 0.25) is 0 Å². The van der Waals surface area contributed by atoms with Crippen LogP contribution in [0.3, 0.4) is 0 Å². The van der Waals surface area contributed by atoms with Gasteiger partial charge in [0.25, 0.3) is 0 Å². The molecule has 78 valence electrons. The van der Waals surface area contributed by atoms with Gasteiger partial charge in [0.2, 0.25) is 0 Å². The Morgan fingerprint density at radius 1 is 1.29 bits per heavy atom. The van der Waals surface area contributed by atoms with Gasteiger partial charge in [-0.1, -0.05) is 6.07 Å². The molecule has 0 aliphatic carbocycles. The average molecular weight is 196 g/mol. The van der Waals surface area contributed by atoms with E-state index in [0.29, 0.717) is 0 Å². The molecule has 3 heteroatoms. The zero-order chi connectivity index (χ0) is 10.9. The molecule has 0 atom stereocenters. The van der Waals surface area contributed by atoms with Gasteiger partial charge in [0.05, 0.1) is 0 Å². The van der Waals surface area contributed by atoms with Crippen molar-refractivity contribution in [3.8, 4) is 0 Å². The second-order valence-corrected chi connectivity index (χ2v) is 4.28. The number of nitrogens with two attached hydrogens (primary N) is 1. The predicted molar refractivity (Wildman–Crippen MR) is 57.9 cm³/mol. The molecule has 0 bridgehead atoms. The van der Waals surface area contributed by atoms with Crippen molar-refractivity contribution in [2.45, 2.75) is 19.4 Å². The second kappa shape index (κ2) is 3.58. The third-order valence-electron chi connectivity index (χ3n) is 2.14. The van der Waals surface area contributed by atoms with Gasteiger partial charge in [-0.3, -0.25) is 0 Å². The molecule has 14 heavy (non-hydrogen) atoms. The highest BCUT2D eigenvalue weighted by Gasteiger charge is 2.19. The third kappa shape index (κ3) is 2.23. The summed E-state index contributed by atoms with van der Waals surface area (Å²) < 4.78 is 13.0. The lowest BCUT2D eigenvalue weighted by atomic mass is 9.93. The minimum absolute atomic E-state index is 0.235. The lowest BCUT2D eigenvalue weighted by Crippen LogP contribution is -2.31. The maximum absolute atomic E-state index is 13.0. The van der Waals surface area contributed by atoms with E-state index in [1.807, 2.05) is 32.8 Å². The zero-order valence-electron chi connectivity index (χ0n) is 9.13. The molecule has 1 aromatic rings. The van der Waals surface area contributed by atoms with Gasteiger partial charge in [0, 0.05) is 25.3 Å². The first kappa shape index (κ1) is 11.0. The zero-order valence-corrected chi connectivity index (χ0v) is 9.13. The van der Waals surface area contributed by atoms with E-state index in [9.17, 15) is 4.39 Å². The number of anilines is 1. The first-order valence-electron chi connectivity index (χ1n) is 4.58. The van der Waals surface area contributed by atoms with E-state index in [0.717, 1.165) is 11.3 Å². The average Bonchev–Trinajstić information content (AvgIpc) is 2.01. The summed E-state index contributed by atoms with van der Waals surface area (Å²) >= 11 is 0. The van der Waals surface area contributed by atoms with Crippen LogP contribution in [0.15, 0.2) is 18.2 Å². The topological polar surface area (TPSA) is 29.3 Å². The molecule has 2 N–H and O–H groups in total. The molecule has 0 unspecified atom stereocenters. The van der Waals surface area contributed by atoms with Crippen LogP contribution >= 0.6 is 0 Å². The van der Waals surface area contributed by atoms with E-state index < -0.39 is 5.54 Å². The normalized spacial score (nSPS) is 11.6. The summed E-state index contributed by atoms with van der Waals surface area (Å²) in [6.45, 7) is 3.82. The van der Waals surface area contributed by atoms with Gasteiger partial charge in [-0.2, -0.15) is 0 Å². The van der Waals surface area contributed by atoms with Gasteiger partial charge in [0.15, 0.2) is 0 Å². The van der Waals surface area contributed by atoms with Crippen molar-refractivity contribution in [1.29, 1.82) is 0 Å². The van der Waals surface area contributed by atoms with Crippen molar-refractivity contribution in [3.63, 3.8) is 0 Å². The van der Waals surface area contributed by atoms with Crippen molar-refractivity contribution in [2.24, 2.45) is 5.73 Å². The number of hydrogen-bond acceptors (Lipinski definition) is 2. The number of benzene rings is 1. The Hall–Kier alpha value is -1.09. The van der Waals surface area contributed by atoms with Crippen LogP contribution in [0.4, 0.5) is 10.1 Å². The Balaban J connectivity index is 3.29. The molecular formula is C11H17FN2. The smallest absolute Gasteiger partial charge is 0.125 e. The molecule has 0 spiro atoms. The molecule has 0 radical (unpaired) electrons. The monoisotopic (exact) mass is 196 g/mol. The molecule has 0 amide bonds. The van der Waals surface area contributed by atoms with E-state index in [2.05, 4.69) is 0 Å². The first-order valence-corrected chi connectivity index (χ1v) is 4.58. The summed E-state index contributed by atoms with van der Waals surface area (Å²) in [5, 5.41) is 0. The number of hydrogen-bond donors (Lipinski definition) is 1. The highest BCUT2D eigenvalue weighted by atomic mass is 19.1. The standard InChI is InChI=1S/C11H17FN2/c1-11(2,13)9-6-5-8(12)7-10(9)14(3)4/h5-7H,13H2,1-4H3. The van der Waals surface area contributed by atoms with Crippen molar-refractivity contribution in [2.75, 3.05) is 19.0 Å². The minimum Gasteiger partial charge on any atom is -0.377 e. The van der Waals surface area contributed by atoms with Crippen LogP contribution in [0.1, 0.15) is 19.4 Å². The van der Waals surface area contributed by atoms with Crippen molar-refractivity contribution < 1.29 is 4.39 Å². The fourth-order valence-corrected chi connectivity index (χ4v) is 1.42. The Kier molecular flexibility index (Phi) is 2.81. The molecule has 0 aliphatic rings. The fraction of sp³-hybridized carbons (Fsp3) is 0.455. The van der Waals surface area contributed by atoms with Gasteiger partial charge < -0.3 is 10.6 Å². The summed E-state index contributed by atoms with van der Waals surface area (Å²) in [6, 6.07) is 4.69. The molecule has 1 rings (SSSR count). The molecule has 0 aliphatic heterocycles. The minimum atomic E-state index is -0.451. The number of halogens is 1. The molecule has 0 heterocycles. The van der Waals surface area contributed by atoms with E-state index >= 15 is 0 Å². The molecule has 0 fully saturated rings. The van der Waals surface area contributed by atoms with Crippen LogP contribution in [-0.4, -0.2) is 14.1 Å². The van der Waals surface area contributed by atoms with Crippen molar-refractivity contribution in [1.82, 2.24) is 0 Å². The number of rotatable bonds is 2. The summed E-state index contributed by atoms with van der Waals surface area (Å²) in [5.74, 6) is -0.235. The van der Waals surface area contributed by atoms with Gasteiger partial charge in [-0.15, -0.1) is 0 Å². The summed E-state index contributed by atoms with van der Waals surface area (Å²) in [5.41, 5.74) is 7.32. The van der Waals surface area contributed by atoms with Gasteiger partial charge in [-0.25, -0.2) is 4.39 Å². The highest BCUT2D eigenvalue weighted by Crippen LogP contribution is 2.28. The van der Waals surface area contributed by atoms with Gasteiger partial charge in [0.1, 0.15) is 5.82 Å². The van der Waals surface area contributed by atoms with Crippen LogP contribution in [0, 0.1) is 5.82 Å². The van der Waals surface area contributed by atoms with Gasteiger partial charge in [-0.05, 0) is 31.5 Å². The SMILES string of the molecule is CN(C)c1cc(F)ccc1C(C)(C)N. The van der Waals surface area contributed by atoms with Crippen LogP contribution in [0.5, 0.6) is 0 Å². The summed E-state index contributed by atoms with van der Waals surface area (Å²) in [4.78, 5) is 1.87. The maximum Gasteiger partial charge on any atom is 0.125 e. The third-order valence-corrected chi connectivity index (χ3v) is 2.14. The largest absolute Gasteiger partial charge is 0.377 e. The number of nitrogens with zero attached hydrogens (tertiary/aromatic N) is 1. The van der Waals surface area contributed by atoms with E-state index in [1.54, 1.807) is 6.07 Å². The lowest BCUT2D eigenvalue weighted by Gasteiger charge is -2.26. The van der Waals surface area contributed by atoms with Gasteiger partial charge >= 0.3 is 0 Å². The Morgan fingerprint density at radius 2 is 1.86 bits per heavy atom. The van der Waals surface area contributed by atoms with Crippen LogP contribution < -0.4 is 10.6 Å². The maximum atomic E-state index is 13.0. The fourth-order valence-electron chi connectivity index (χ4n) is 1.42. The van der Waals surface area contributed by atoms with E-state index in [1.165, 1.54) is 12.1 Å². The first-order chi connectivity index (χ1) is 6.32. The van der Waals surface area contributed by atoms with Crippen molar-refractivity contribution >= 4 is 5.69 Å². The Labute approximate surface area is 84.5 Å². The predicted octanol–water partition coefficient (Wildman–Crippen LogP) is 2.09. The van der Waals surface area contributed by atoms with Crippen molar-refractivity contribution in [3.05, 3.63) is 29.6 Å². The molecule has 2 nitrogen and oxygen atoms in total. The quantitative estimate of drug-likeness (QED) is 0.784. The molecule has 0 aromatic heterocycles. The molecular weight excluding hydrogens is 179 g/mol.